The highest BCUT2D eigenvalue weighted by Crippen LogP contribution is 2.29. The molecule has 0 fully saturated rings. The van der Waals surface area contributed by atoms with Crippen LogP contribution in [-0.2, 0) is 6.54 Å². The quantitative estimate of drug-likeness (QED) is 0.672. The summed E-state index contributed by atoms with van der Waals surface area (Å²) < 4.78 is 4.99. The molecular formula is C12H13N3O3S. The number of nitrogens with one attached hydrogen (secondary N) is 1. The molecule has 0 aliphatic heterocycles. The van der Waals surface area contributed by atoms with Crippen LogP contribution in [0.1, 0.15) is 10.6 Å². The van der Waals surface area contributed by atoms with E-state index in [0.717, 1.165) is 10.6 Å². The number of aryl methyl sites for hydroxylation is 1. The maximum absolute atomic E-state index is 11.0. The maximum Gasteiger partial charge on any atom is 0.296 e. The Labute approximate surface area is 114 Å². The summed E-state index contributed by atoms with van der Waals surface area (Å²) in [4.78, 5) is 15.8. The Hall–Kier alpha value is -2.15. The second-order valence-corrected chi connectivity index (χ2v) is 4.79. The molecule has 0 aliphatic rings. The lowest BCUT2D eigenvalue weighted by atomic mass is 10.2. The topological polar surface area (TPSA) is 77.3 Å². The minimum atomic E-state index is -0.426. The van der Waals surface area contributed by atoms with Crippen molar-refractivity contribution in [3.8, 4) is 5.75 Å². The zero-order valence-corrected chi connectivity index (χ0v) is 11.4. The lowest BCUT2D eigenvalue weighted by Gasteiger charge is -2.07. The van der Waals surface area contributed by atoms with Gasteiger partial charge in [0.1, 0.15) is 11.4 Å². The molecule has 6 nitrogen and oxygen atoms in total. The van der Waals surface area contributed by atoms with E-state index in [1.807, 2.05) is 6.92 Å². The van der Waals surface area contributed by atoms with Gasteiger partial charge >= 0.3 is 0 Å². The monoisotopic (exact) mass is 279 g/mol. The van der Waals surface area contributed by atoms with Crippen molar-refractivity contribution in [1.82, 2.24) is 4.98 Å². The fourth-order valence-corrected chi connectivity index (χ4v) is 2.33. The number of thiazole rings is 1. The lowest BCUT2D eigenvalue weighted by molar-refractivity contribution is -0.384. The smallest absolute Gasteiger partial charge is 0.296 e. The summed E-state index contributed by atoms with van der Waals surface area (Å²) in [6.07, 6.45) is 0. The van der Waals surface area contributed by atoms with Gasteiger partial charge in [-0.1, -0.05) is 0 Å². The highest BCUT2D eigenvalue weighted by atomic mass is 32.1. The molecule has 0 amide bonds. The van der Waals surface area contributed by atoms with E-state index in [9.17, 15) is 10.1 Å². The van der Waals surface area contributed by atoms with Crippen molar-refractivity contribution in [1.29, 1.82) is 0 Å². The molecule has 0 saturated carbocycles. The van der Waals surface area contributed by atoms with E-state index in [4.69, 9.17) is 4.74 Å². The number of nitro groups is 1. The zero-order chi connectivity index (χ0) is 13.8. The Morgan fingerprint density at radius 3 is 2.89 bits per heavy atom. The van der Waals surface area contributed by atoms with E-state index in [1.165, 1.54) is 24.5 Å². The van der Waals surface area contributed by atoms with Gasteiger partial charge in [-0.05, 0) is 19.1 Å². The number of hydrogen-bond acceptors (Lipinski definition) is 6. The Balaban J connectivity index is 2.20. The zero-order valence-electron chi connectivity index (χ0n) is 10.5. The van der Waals surface area contributed by atoms with Crippen molar-refractivity contribution in [3.05, 3.63) is 44.4 Å². The first-order chi connectivity index (χ1) is 9.11. The van der Waals surface area contributed by atoms with Crippen molar-refractivity contribution in [3.63, 3.8) is 0 Å². The van der Waals surface area contributed by atoms with Gasteiger partial charge in [0.05, 0.1) is 35.8 Å². The van der Waals surface area contributed by atoms with E-state index in [-0.39, 0.29) is 5.69 Å². The highest BCUT2D eigenvalue weighted by Gasteiger charge is 2.15. The Morgan fingerprint density at radius 1 is 1.53 bits per heavy atom. The Kier molecular flexibility index (Phi) is 3.96. The molecule has 2 rings (SSSR count). The lowest BCUT2D eigenvalue weighted by Crippen LogP contribution is -2.02. The van der Waals surface area contributed by atoms with Crippen LogP contribution in [-0.4, -0.2) is 17.0 Å². The molecule has 100 valence electrons. The van der Waals surface area contributed by atoms with Crippen LogP contribution in [0.4, 0.5) is 11.4 Å². The third kappa shape index (κ3) is 3.00. The average Bonchev–Trinajstić information content (AvgIpc) is 2.81. The second-order valence-electron chi connectivity index (χ2n) is 3.85. The molecular weight excluding hydrogens is 266 g/mol. The summed E-state index contributed by atoms with van der Waals surface area (Å²) in [5, 5.41) is 14.1. The number of ether oxygens (including phenoxy) is 1. The molecule has 2 aromatic rings. The van der Waals surface area contributed by atoms with Crippen molar-refractivity contribution < 1.29 is 9.66 Å². The van der Waals surface area contributed by atoms with Crippen molar-refractivity contribution in [2.75, 3.05) is 12.4 Å². The van der Waals surface area contributed by atoms with E-state index in [2.05, 4.69) is 10.3 Å². The first-order valence-electron chi connectivity index (χ1n) is 5.57. The van der Waals surface area contributed by atoms with Crippen LogP contribution in [0.25, 0.3) is 0 Å². The van der Waals surface area contributed by atoms with Crippen LogP contribution in [0.15, 0.2) is 23.7 Å². The molecule has 0 aliphatic carbocycles. The number of benzene rings is 1. The van der Waals surface area contributed by atoms with Gasteiger partial charge < -0.3 is 10.1 Å². The summed E-state index contributed by atoms with van der Waals surface area (Å²) in [5.41, 5.74) is 3.17. The van der Waals surface area contributed by atoms with Gasteiger partial charge in [0.2, 0.25) is 0 Å². The number of methoxy groups -OCH3 is 1. The summed E-state index contributed by atoms with van der Waals surface area (Å²) in [6.45, 7) is 2.43. The van der Waals surface area contributed by atoms with Crippen LogP contribution >= 0.6 is 11.3 Å². The van der Waals surface area contributed by atoms with Gasteiger partial charge in [-0.25, -0.2) is 4.98 Å². The summed E-state index contributed by atoms with van der Waals surface area (Å²) >= 11 is 1.52. The standard InChI is InChI=1S/C12H13N3O3S/c1-8-12(19-7-14-8)6-13-10-4-3-9(18-2)5-11(10)15(16)17/h3-5,7,13H,6H2,1-2H3. The number of nitro benzene ring substituents is 1. The van der Waals surface area contributed by atoms with Crippen molar-refractivity contribution in [2.24, 2.45) is 0 Å². The SMILES string of the molecule is COc1ccc(NCc2scnc2C)c([N+](=O)[O-])c1. The molecule has 19 heavy (non-hydrogen) atoms. The van der Waals surface area contributed by atoms with E-state index in [0.29, 0.717) is 18.0 Å². The first kappa shape index (κ1) is 13.3. The summed E-state index contributed by atoms with van der Waals surface area (Å²) in [5.74, 6) is 0.464. The molecule has 0 radical (unpaired) electrons. The van der Waals surface area contributed by atoms with Gasteiger partial charge in [-0.15, -0.1) is 11.3 Å². The predicted octanol–water partition coefficient (Wildman–Crippen LogP) is 2.98. The molecule has 1 N–H and O–H groups in total. The highest BCUT2D eigenvalue weighted by molar-refractivity contribution is 7.09. The molecule has 1 aromatic heterocycles. The fraction of sp³-hybridized carbons (Fsp3) is 0.250. The first-order valence-corrected chi connectivity index (χ1v) is 6.45. The van der Waals surface area contributed by atoms with Crippen LogP contribution < -0.4 is 10.1 Å². The minimum absolute atomic E-state index is 0.00141. The third-order valence-corrected chi connectivity index (χ3v) is 3.62. The molecule has 0 bridgehead atoms. The summed E-state index contributed by atoms with van der Waals surface area (Å²) in [7, 11) is 1.48. The second kappa shape index (κ2) is 5.66. The number of anilines is 1. The molecule has 1 aromatic carbocycles. The fourth-order valence-electron chi connectivity index (χ4n) is 1.61. The molecule has 0 unspecified atom stereocenters. The van der Waals surface area contributed by atoms with Crippen LogP contribution in [0.3, 0.4) is 0 Å². The number of hydrogen-bond donors (Lipinski definition) is 1. The van der Waals surface area contributed by atoms with Crippen molar-refractivity contribution >= 4 is 22.7 Å². The summed E-state index contributed by atoms with van der Waals surface area (Å²) in [6, 6.07) is 4.74. The minimum Gasteiger partial charge on any atom is -0.496 e. The largest absolute Gasteiger partial charge is 0.496 e. The molecule has 0 atom stereocenters. The van der Waals surface area contributed by atoms with E-state index in [1.54, 1.807) is 17.6 Å². The van der Waals surface area contributed by atoms with Gasteiger partial charge in [0.25, 0.3) is 5.69 Å². The van der Waals surface area contributed by atoms with Gasteiger partial charge in [-0.2, -0.15) is 0 Å². The number of aromatic nitrogens is 1. The molecule has 1 heterocycles. The Bertz CT molecular complexity index is 598. The van der Waals surface area contributed by atoms with E-state index >= 15 is 0 Å². The van der Waals surface area contributed by atoms with Crippen LogP contribution in [0.5, 0.6) is 5.75 Å². The molecule has 7 heteroatoms. The van der Waals surface area contributed by atoms with Gasteiger partial charge in [0.15, 0.2) is 0 Å². The van der Waals surface area contributed by atoms with Gasteiger partial charge in [-0.3, -0.25) is 10.1 Å². The average molecular weight is 279 g/mol. The number of nitrogens with zero attached hydrogens (tertiary/aromatic N) is 2. The molecule has 0 spiro atoms. The van der Waals surface area contributed by atoms with Crippen LogP contribution in [0, 0.1) is 17.0 Å². The Morgan fingerprint density at radius 2 is 2.32 bits per heavy atom. The molecule has 0 saturated heterocycles. The predicted molar refractivity (Wildman–Crippen MR) is 73.8 cm³/mol. The normalized spacial score (nSPS) is 10.2. The van der Waals surface area contributed by atoms with E-state index < -0.39 is 4.92 Å². The van der Waals surface area contributed by atoms with Crippen LogP contribution in [0.2, 0.25) is 0 Å². The third-order valence-electron chi connectivity index (χ3n) is 2.69. The van der Waals surface area contributed by atoms with Gasteiger partial charge in [0, 0.05) is 4.88 Å². The number of rotatable bonds is 5. The van der Waals surface area contributed by atoms with Crippen molar-refractivity contribution in [2.45, 2.75) is 13.5 Å². The maximum atomic E-state index is 11.0.